The fourth-order valence-corrected chi connectivity index (χ4v) is 4.22. The molecule has 0 spiro atoms. The number of hydrogen-bond donors (Lipinski definition) is 1. The summed E-state index contributed by atoms with van der Waals surface area (Å²) in [5.41, 5.74) is 0.621. The molecule has 0 fully saturated rings. The van der Waals surface area contributed by atoms with E-state index in [9.17, 15) is 18.0 Å². The molecule has 1 N–H and O–H groups in total. The Hall–Kier alpha value is -2.19. The number of carbonyl (C=O) groups is 2. The molecule has 27 heavy (non-hydrogen) atoms. The number of hydrogen-bond acceptors (Lipinski definition) is 5. The lowest BCUT2D eigenvalue weighted by Crippen LogP contribution is -2.39. The molecular weight excluding hydrogens is 384 g/mol. The van der Waals surface area contributed by atoms with Gasteiger partial charge in [-0.15, -0.1) is 11.3 Å². The Morgan fingerprint density at radius 1 is 1.15 bits per heavy atom. The van der Waals surface area contributed by atoms with Crippen LogP contribution in [-0.4, -0.2) is 32.5 Å². The zero-order valence-corrected chi connectivity index (χ0v) is 17.4. The van der Waals surface area contributed by atoms with Crippen molar-refractivity contribution in [1.29, 1.82) is 0 Å². The molecule has 1 aromatic carbocycles. The first-order valence-corrected chi connectivity index (χ1v) is 11.3. The number of nitrogens with one attached hydrogen (secondary N) is 1. The van der Waals surface area contributed by atoms with Crippen molar-refractivity contribution in [3.63, 3.8) is 0 Å². The molecule has 2 aromatic rings. The molecule has 0 bridgehead atoms. The quantitative estimate of drug-likeness (QED) is 0.763. The fraction of sp³-hybridized carbons (Fsp3) is 0.368. The zero-order chi connectivity index (χ0) is 20.2. The summed E-state index contributed by atoms with van der Waals surface area (Å²) in [4.78, 5) is 27.3. The summed E-state index contributed by atoms with van der Waals surface area (Å²) < 4.78 is 23.3. The van der Waals surface area contributed by atoms with Gasteiger partial charge >= 0.3 is 0 Å². The first kappa shape index (κ1) is 21.1. The van der Waals surface area contributed by atoms with Gasteiger partial charge in [0.05, 0.1) is 17.4 Å². The van der Waals surface area contributed by atoms with Crippen LogP contribution in [-0.2, 0) is 19.4 Å². The Kier molecular flexibility index (Phi) is 6.78. The lowest BCUT2D eigenvalue weighted by molar-refractivity contribution is -0.121. The maximum atomic E-state index is 13.0. The number of carbonyl (C=O) groups excluding carboxylic acids is 2. The molecule has 0 unspecified atom stereocenters. The van der Waals surface area contributed by atoms with Crippen LogP contribution in [0.2, 0.25) is 0 Å². The van der Waals surface area contributed by atoms with Gasteiger partial charge in [0, 0.05) is 29.8 Å². The van der Waals surface area contributed by atoms with Gasteiger partial charge in [0.15, 0.2) is 9.84 Å². The molecule has 2 rings (SSSR count). The molecule has 0 saturated carbocycles. The van der Waals surface area contributed by atoms with Crippen LogP contribution in [0.25, 0.3) is 0 Å². The van der Waals surface area contributed by atoms with E-state index in [0.717, 1.165) is 11.1 Å². The highest BCUT2D eigenvalue weighted by Gasteiger charge is 2.25. The fourth-order valence-electron chi connectivity index (χ4n) is 2.81. The first-order valence-electron chi connectivity index (χ1n) is 8.52. The van der Waals surface area contributed by atoms with Gasteiger partial charge in [0.25, 0.3) is 0 Å². The predicted octanol–water partition coefficient (Wildman–Crippen LogP) is 3.16. The minimum Gasteiger partial charge on any atom is -0.348 e. The number of rotatable bonds is 7. The standard InChI is InChI=1S/C19H24N2O4S2/c1-13(2)21(15-7-9-16(10-8-15)27(4,24)25)19(23)12-17(20-14(3)22)18-6-5-11-26-18/h5-11,13,17H,12H2,1-4H3,(H,20,22)/t17-/m1/s1. The monoisotopic (exact) mass is 408 g/mol. The second-order valence-electron chi connectivity index (χ2n) is 6.60. The normalized spacial score (nSPS) is 12.6. The Morgan fingerprint density at radius 3 is 2.22 bits per heavy atom. The molecule has 0 saturated heterocycles. The van der Waals surface area contributed by atoms with Crippen molar-refractivity contribution in [3.8, 4) is 0 Å². The minimum atomic E-state index is -3.30. The van der Waals surface area contributed by atoms with Gasteiger partial charge in [0.2, 0.25) is 11.8 Å². The lowest BCUT2D eigenvalue weighted by atomic mass is 10.1. The van der Waals surface area contributed by atoms with Crippen LogP contribution in [0.5, 0.6) is 0 Å². The minimum absolute atomic E-state index is 0.117. The van der Waals surface area contributed by atoms with Crippen LogP contribution in [0, 0.1) is 0 Å². The highest BCUT2D eigenvalue weighted by Crippen LogP contribution is 2.26. The Labute approximate surface area is 164 Å². The third-order valence-corrected chi connectivity index (χ3v) is 6.09. The topological polar surface area (TPSA) is 83.6 Å². The van der Waals surface area contributed by atoms with E-state index in [-0.39, 0.29) is 29.2 Å². The molecule has 0 aliphatic rings. The van der Waals surface area contributed by atoms with Crippen LogP contribution >= 0.6 is 11.3 Å². The third-order valence-electron chi connectivity index (χ3n) is 3.97. The third kappa shape index (κ3) is 5.64. The van der Waals surface area contributed by atoms with Crippen LogP contribution in [0.4, 0.5) is 5.69 Å². The highest BCUT2D eigenvalue weighted by atomic mass is 32.2. The second kappa shape index (κ2) is 8.67. The Morgan fingerprint density at radius 2 is 1.78 bits per heavy atom. The van der Waals surface area contributed by atoms with Crippen LogP contribution in [0.3, 0.4) is 0 Å². The molecule has 146 valence electrons. The molecule has 0 radical (unpaired) electrons. The summed E-state index contributed by atoms with van der Waals surface area (Å²) in [7, 11) is -3.30. The molecule has 0 aliphatic heterocycles. The lowest BCUT2D eigenvalue weighted by Gasteiger charge is -2.29. The number of anilines is 1. The van der Waals surface area contributed by atoms with Gasteiger partial charge < -0.3 is 10.2 Å². The molecule has 1 aromatic heterocycles. The number of sulfone groups is 1. The summed E-state index contributed by atoms with van der Waals surface area (Å²) in [5.74, 6) is -0.348. The van der Waals surface area contributed by atoms with E-state index in [0.29, 0.717) is 5.69 Å². The summed E-state index contributed by atoms with van der Waals surface area (Å²) in [6.07, 6.45) is 1.26. The molecule has 8 heteroatoms. The van der Waals surface area contributed by atoms with Gasteiger partial charge in [-0.25, -0.2) is 8.42 Å². The molecular formula is C19H24N2O4S2. The van der Waals surface area contributed by atoms with E-state index in [1.807, 2.05) is 31.4 Å². The van der Waals surface area contributed by atoms with E-state index in [4.69, 9.17) is 0 Å². The van der Waals surface area contributed by atoms with Crippen molar-refractivity contribution in [2.45, 2.75) is 44.2 Å². The number of thiophene rings is 1. The van der Waals surface area contributed by atoms with Gasteiger partial charge in [-0.2, -0.15) is 0 Å². The van der Waals surface area contributed by atoms with Crippen molar-refractivity contribution < 1.29 is 18.0 Å². The van der Waals surface area contributed by atoms with Crippen molar-refractivity contribution in [3.05, 3.63) is 46.7 Å². The van der Waals surface area contributed by atoms with Crippen molar-refractivity contribution in [2.75, 3.05) is 11.2 Å². The SMILES string of the molecule is CC(=O)N[C@H](CC(=O)N(c1ccc(S(C)(=O)=O)cc1)C(C)C)c1cccs1. The first-order chi connectivity index (χ1) is 12.6. The molecule has 6 nitrogen and oxygen atoms in total. The van der Waals surface area contributed by atoms with Crippen molar-refractivity contribution in [1.82, 2.24) is 5.32 Å². The van der Waals surface area contributed by atoms with Crippen LogP contribution < -0.4 is 10.2 Å². The Balaban J connectivity index is 2.27. The smallest absolute Gasteiger partial charge is 0.229 e. The van der Waals surface area contributed by atoms with Gasteiger partial charge in [-0.05, 0) is 49.6 Å². The van der Waals surface area contributed by atoms with Crippen molar-refractivity contribution in [2.24, 2.45) is 0 Å². The summed E-state index contributed by atoms with van der Waals surface area (Å²) >= 11 is 1.48. The van der Waals surface area contributed by atoms with Gasteiger partial charge in [-0.1, -0.05) is 6.07 Å². The second-order valence-corrected chi connectivity index (χ2v) is 9.59. The average Bonchev–Trinajstić information content (AvgIpc) is 3.07. The Bertz CT molecular complexity index is 888. The molecule has 0 aliphatic carbocycles. The maximum absolute atomic E-state index is 13.0. The van der Waals surface area contributed by atoms with E-state index in [2.05, 4.69) is 5.32 Å². The number of benzene rings is 1. The predicted molar refractivity (Wildman–Crippen MR) is 108 cm³/mol. The van der Waals surface area contributed by atoms with E-state index < -0.39 is 15.9 Å². The summed E-state index contributed by atoms with van der Waals surface area (Å²) in [5, 5.41) is 4.73. The number of nitrogens with zero attached hydrogens (tertiary/aromatic N) is 1. The van der Waals surface area contributed by atoms with E-state index in [1.54, 1.807) is 17.0 Å². The zero-order valence-electron chi connectivity index (χ0n) is 15.8. The molecule has 1 atom stereocenters. The van der Waals surface area contributed by atoms with Crippen LogP contribution in [0.15, 0.2) is 46.7 Å². The van der Waals surface area contributed by atoms with Gasteiger partial charge in [0.1, 0.15) is 0 Å². The summed E-state index contributed by atoms with van der Waals surface area (Å²) in [6, 6.07) is 9.51. The number of amides is 2. The van der Waals surface area contributed by atoms with E-state index in [1.165, 1.54) is 30.4 Å². The highest BCUT2D eigenvalue weighted by molar-refractivity contribution is 7.90. The largest absolute Gasteiger partial charge is 0.348 e. The van der Waals surface area contributed by atoms with Crippen LogP contribution in [0.1, 0.15) is 38.1 Å². The van der Waals surface area contributed by atoms with Gasteiger partial charge in [-0.3, -0.25) is 9.59 Å². The average molecular weight is 409 g/mol. The molecule has 1 heterocycles. The maximum Gasteiger partial charge on any atom is 0.229 e. The van der Waals surface area contributed by atoms with E-state index >= 15 is 0 Å². The van der Waals surface area contributed by atoms with Crippen molar-refractivity contribution >= 4 is 38.7 Å². The summed E-state index contributed by atoms with van der Waals surface area (Å²) in [6.45, 7) is 5.21. The molecule has 2 amide bonds.